The van der Waals surface area contributed by atoms with E-state index in [9.17, 15) is 9.59 Å². The molecule has 2 aromatic rings. The molecule has 2 aromatic carbocycles. The molecule has 0 saturated heterocycles. The number of carbonyl (C=O) groups is 2. The summed E-state index contributed by atoms with van der Waals surface area (Å²) in [4.78, 5) is 24.7. The monoisotopic (exact) mass is 467 g/mol. The highest BCUT2D eigenvalue weighted by Crippen LogP contribution is 2.19. The molecule has 32 heavy (non-hydrogen) atoms. The summed E-state index contributed by atoms with van der Waals surface area (Å²) in [5.74, 6) is -0.555. The molecular formula is C25H33NO4Si2. The summed E-state index contributed by atoms with van der Waals surface area (Å²) >= 11 is 0. The molecule has 2 atom stereocenters. The molecule has 7 heteroatoms. The van der Waals surface area contributed by atoms with E-state index in [1.165, 1.54) is 12.2 Å². The third-order valence-electron chi connectivity index (χ3n) is 5.24. The predicted molar refractivity (Wildman–Crippen MR) is 135 cm³/mol. The van der Waals surface area contributed by atoms with Gasteiger partial charge in [0.2, 0.25) is 22.5 Å². The van der Waals surface area contributed by atoms with Crippen LogP contribution < -0.4 is 15.7 Å². The highest BCUT2D eigenvalue weighted by molar-refractivity contribution is 6.85. The topological polar surface area (TPSA) is 64.6 Å². The van der Waals surface area contributed by atoms with Gasteiger partial charge >= 0.3 is 0 Å². The smallest absolute Gasteiger partial charge is 0.245 e. The van der Waals surface area contributed by atoms with Crippen molar-refractivity contribution in [2.45, 2.75) is 44.9 Å². The van der Waals surface area contributed by atoms with Gasteiger partial charge in [0.1, 0.15) is 6.23 Å². The van der Waals surface area contributed by atoms with Crippen LogP contribution in [0.5, 0.6) is 0 Å². The lowest BCUT2D eigenvalue weighted by Gasteiger charge is -2.38. The molecule has 0 fully saturated rings. The zero-order chi connectivity index (χ0) is 23.8. The molecule has 0 saturated carbocycles. The molecular weight excluding hydrogens is 434 g/mol. The van der Waals surface area contributed by atoms with Crippen molar-refractivity contribution in [3.8, 4) is 0 Å². The zero-order valence-corrected chi connectivity index (χ0v) is 21.3. The highest BCUT2D eigenvalue weighted by atomic mass is 28.4. The van der Waals surface area contributed by atoms with Gasteiger partial charge in [-0.1, -0.05) is 73.8 Å². The second kappa shape index (κ2) is 11.3. The number of rotatable bonds is 12. The maximum Gasteiger partial charge on any atom is 0.245 e. The fourth-order valence-corrected chi connectivity index (χ4v) is 7.47. The molecule has 0 aliphatic rings. The summed E-state index contributed by atoms with van der Waals surface area (Å²) in [5.41, 5.74) is 0. The molecule has 1 N–H and O–H groups in total. The Morgan fingerprint density at radius 1 is 0.844 bits per heavy atom. The van der Waals surface area contributed by atoms with Crippen LogP contribution in [0.1, 0.15) is 6.42 Å². The summed E-state index contributed by atoms with van der Waals surface area (Å²) in [6.07, 6.45) is 1.02. The lowest BCUT2D eigenvalue weighted by Crippen LogP contribution is -2.59. The molecule has 170 valence electrons. The maximum absolute atomic E-state index is 12.4. The number of hydrogen-bond donors (Lipinski definition) is 1. The van der Waals surface area contributed by atoms with Gasteiger partial charge in [0, 0.05) is 6.42 Å². The SMILES string of the molecule is C=CC(=O)CC(O[Si](C)(C)c1ccccc1)C(NC(=O)C=C)O[Si](C)(C)c1ccccc1. The number of hydrogen-bond acceptors (Lipinski definition) is 4. The molecule has 0 bridgehead atoms. The van der Waals surface area contributed by atoms with Crippen LogP contribution in [0, 0.1) is 0 Å². The van der Waals surface area contributed by atoms with Gasteiger partial charge in [0.15, 0.2) is 5.78 Å². The molecule has 2 unspecified atom stereocenters. The van der Waals surface area contributed by atoms with Crippen LogP contribution in [-0.2, 0) is 18.4 Å². The molecule has 0 radical (unpaired) electrons. The molecule has 0 aliphatic heterocycles. The predicted octanol–water partition coefficient (Wildman–Crippen LogP) is 3.39. The van der Waals surface area contributed by atoms with E-state index in [-0.39, 0.29) is 18.1 Å². The van der Waals surface area contributed by atoms with Gasteiger partial charge in [0.05, 0.1) is 6.10 Å². The summed E-state index contributed by atoms with van der Waals surface area (Å²) in [6.45, 7) is 15.4. The lowest BCUT2D eigenvalue weighted by atomic mass is 10.1. The van der Waals surface area contributed by atoms with E-state index < -0.39 is 29.0 Å². The van der Waals surface area contributed by atoms with Crippen molar-refractivity contribution in [2.24, 2.45) is 0 Å². The van der Waals surface area contributed by atoms with Crippen LogP contribution >= 0.6 is 0 Å². The van der Waals surface area contributed by atoms with E-state index in [2.05, 4.69) is 44.7 Å². The van der Waals surface area contributed by atoms with E-state index >= 15 is 0 Å². The first-order chi connectivity index (χ1) is 15.1. The van der Waals surface area contributed by atoms with Gasteiger partial charge < -0.3 is 14.2 Å². The first-order valence-corrected chi connectivity index (χ1v) is 16.5. The molecule has 0 heterocycles. The average molecular weight is 468 g/mol. The number of benzene rings is 2. The van der Waals surface area contributed by atoms with Crippen molar-refractivity contribution in [1.29, 1.82) is 0 Å². The van der Waals surface area contributed by atoms with Gasteiger partial charge in [-0.25, -0.2) is 0 Å². The minimum absolute atomic E-state index is 0.0497. The maximum atomic E-state index is 12.4. The molecule has 2 rings (SSSR count). The largest absolute Gasteiger partial charge is 0.405 e. The minimum Gasteiger partial charge on any atom is -0.405 e. The van der Waals surface area contributed by atoms with Crippen molar-refractivity contribution < 1.29 is 18.4 Å². The van der Waals surface area contributed by atoms with E-state index in [0.29, 0.717) is 0 Å². The Kier molecular flexibility index (Phi) is 9.09. The Morgan fingerprint density at radius 2 is 1.31 bits per heavy atom. The molecule has 0 aliphatic carbocycles. The van der Waals surface area contributed by atoms with Crippen molar-refractivity contribution in [2.75, 3.05) is 0 Å². The summed E-state index contributed by atoms with van der Waals surface area (Å²) < 4.78 is 13.2. The van der Waals surface area contributed by atoms with Crippen LogP contribution in [0.3, 0.4) is 0 Å². The van der Waals surface area contributed by atoms with E-state index in [1.54, 1.807) is 0 Å². The highest BCUT2D eigenvalue weighted by Gasteiger charge is 2.38. The third-order valence-corrected chi connectivity index (χ3v) is 10.4. The second-order valence-electron chi connectivity index (χ2n) is 8.53. The van der Waals surface area contributed by atoms with Crippen molar-refractivity contribution in [3.05, 3.63) is 86.0 Å². The van der Waals surface area contributed by atoms with Crippen LogP contribution in [0.15, 0.2) is 86.0 Å². The first kappa shape index (κ1) is 25.7. The van der Waals surface area contributed by atoms with Crippen LogP contribution in [0.2, 0.25) is 26.2 Å². The Hall–Kier alpha value is -2.59. The fourth-order valence-electron chi connectivity index (χ4n) is 3.40. The Labute approximate surface area is 193 Å². The lowest BCUT2D eigenvalue weighted by molar-refractivity contribution is -0.124. The number of nitrogens with one attached hydrogen (secondary N) is 1. The second-order valence-corrected chi connectivity index (χ2v) is 16.2. The third kappa shape index (κ3) is 7.24. The summed E-state index contributed by atoms with van der Waals surface area (Å²) in [7, 11) is -4.88. The Bertz CT molecular complexity index is 852. The Balaban J connectivity index is 2.42. The fraction of sp³-hybridized carbons (Fsp3) is 0.280. The number of allylic oxidation sites excluding steroid dienone is 1. The molecule has 0 aromatic heterocycles. The van der Waals surface area contributed by atoms with Gasteiger partial charge in [0.25, 0.3) is 0 Å². The molecule has 1 amide bonds. The van der Waals surface area contributed by atoms with Crippen LogP contribution in [0.4, 0.5) is 0 Å². The van der Waals surface area contributed by atoms with Gasteiger partial charge in [-0.2, -0.15) is 0 Å². The van der Waals surface area contributed by atoms with Crippen LogP contribution in [0.25, 0.3) is 0 Å². The average Bonchev–Trinajstić information content (AvgIpc) is 2.78. The van der Waals surface area contributed by atoms with Crippen LogP contribution in [-0.4, -0.2) is 40.7 Å². The van der Waals surface area contributed by atoms with Gasteiger partial charge in [-0.3, -0.25) is 9.59 Å². The number of ketones is 1. The standard InChI is InChI=1S/C25H33NO4Si2/c1-7-20(27)19-23(29-31(3,4)21-15-11-9-12-16-21)25(26-24(28)8-2)30-32(5,6)22-17-13-10-14-18-22/h7-18,23,25H,1-2,19H2,3-6H3,(H,26,28). The number of amides is 1. The van der Waals surface area contributed by atoms with Crippen molar-refractivity contribution in [1.82, 2.24) is 5.32 Å². The normalized spacial score (nSPS) is 13.6. The Morgan fingerprint density at radius 3 is 1.75 bits per heavy atom. The molecule has 5 nitrogen and oxygen atoms in total. The van der Waals surface area contributed by atoms with Gasteiger partial charge in [-0.15, -0.1) is 0 Å². The molecule has 0 spiro atoms. The van der Waals surface area contributed by atoms with E-state index in [4.69, 9.17) is 8.85 Å². The van der Waals surface area contributed by atoms with Gasteiger partial charge in [-0.05, 0) is 48.7 Å². The van der Waals surface area contributed by atoms with E-state index in [0.717, 1.165) is 10.4 Å². The zero-order valence-electron chi connectivity index (χ0n) is 19.3. The van der Waals surface area contributed by atoms with Crippen molar-refractivity contribution in [3.63, 3.8) is 0 Å². The summed E-state index contributed by atoms with van der Waals surface area (Å²) in [5, 5.41) is 5.02. The van der Waals surface area contributed by atoms with Crippen molar-refractivity contribution >= 4 is 38.7 Å². The summed E-state index contributed by atoms with van der Waals surface area (Å²) in [6, 6.07) is 19.9. The number of carbonyl (C=O) groups excluding carboxylic acids is 2. The quantitative estimate of drug-likeness (QED) is 0.295. The van der Waals surface area contributed by atoms with E-state index in [1.807, 2.05) is 60.7 Å². The minimum atomic E-state index is -2.45. The first-order valence-electron chi connectivity index (χ1n) is 10.6.